The summed E-state index contributed by atoms with van der Waals surface area (Å²) in [4.78, 5) is 0. The van der Waals surface area contributed by atoms with E-state index in [-0.39, 0.29) is 17.6 Å². The molecule has 0 bridgehead atoms. The van der Waals surface area contributed by atoms with Crippen LogP contribution in [-0.2, 0) is 4.74 Å². The van der Waals surface area contributed by atoms with Crippen molar-refractivity contribution < 1.29 is 13.9 Å². The second-order valence-electron chi connectivity index (χ2n) is 4.80. The van der Waals surface area contributed by atoms with Gasteiger partial charge in [-0.1, -0.05) is 19.9 Å². The van der Waals surface area contributed by atoms with E-state index in [9.17, 15) is 4.39 Å². The van der Waals surface area contributed by atoms with Crippen LogP contribution in [0.4, 0.5) is 4.39 Å². The predicted octanol–water partition coefficient (Wildman–Crippen LogP) is 2.90. The van der Waals surface area contributed by atoms with Gasteiger partial charge in [0.15, 0.2) is 11.6 Å². The smallest absolute Gasteiger partial charge is 0.165 e. The molecule has 0 heterocycles. The molecular weight excluding hydrogens is 233 g/mol. The molecule has 0 amide bonds. The van der Waals surface area contributed by atoms with Gasteiger partial charge in [0.25, 0.3) is 0 Å². The Kier molecular flexibility index (Phi) is 6.09. The van der Waals surface area contributed by atoms with Crippen molar-refractivity contribution >= 4 is 0 Å². The Labute approximate surface area is 108 Å². The number of ether oxygens (including phenoxy) is 2. The number of halogens is 1. The van der Waals surface area contributed by atoms with Crippen LogP contribution in [0.15, 0.2) is 18.2 Å². The first-order chi connectivity index (χ1) is 8.50. The molecule has 1 aromatic rings. The first-order valence-electron chi connectivity index (χ1n) is 6.26. The third-order valence-corrected chi connectivity index (χ3v) is 2.42. The predicted molar refractivity (Wildman–Crippen MR) is 70.2 cm³/mol. The Bertz CT molecular complexity index is 367. The summed E-state index contributed by atoms with van der Waals surface area (Å²) in [6, 6.07) is 4.62. The summed E-state index contributed by atoms with van der Waals surface area (Å²) in [5, 5.41) is 0. The molecule has 1 aromatic carbocycles. The first-order valence-corrected chi connectivity index (χ1v) is 6.26. The van der Waals surface area contributed by atoms with Crippen LogP contribution in [0.3, 0.4) is 0 Å². The molecule has 3 nitrogen and oxygen atoms in total. The summed E-state index contributed by atoms with van der Waals surface area (Å²) in [6.07, 6.45) is 0. The zero-order chi connectivity index (χ0) is 13.5. The summed E-state index contributed by atoms with van der Waals surface area (Å²) in [6.45, 7) is 7.47. The van der Waals surface area contributed by atoms with Gasteiger partial charge in [0.1, 0.15) is 6.61 Å². The Morgan fingerprint density at radius 3 is 2.50 bits per heavy atom. The van der Waals surface area contributed by atoms with Gasteiger partial charge in [-0.25, -0.2) is 4.39 Å². The van der Waals surface area contributed by atoms with Crippen molar-refractivity contribution in [1.82, 2.24) is 0 Å². The monoisotopic (exact) mass is 255 g/mol. The lowest BCUT2D eigenvalue weighted by atomic mass is 10.1. The van der Waals surface area contributed by atoms with Crippen LogP contribution >= 0.6 is 0 Å². The zero-order valence-corrected chi connectivity index (χ0v) is 11.3. The summed E-state index contributed by atoms with van der Waals surface area (Å²) >= 11 is 0. The third-order valence-electron chi connectivity index (χ3n) is 2.42. The normalized spacial score (nSPS) is 12.8. The molecule has 0 unspecified atom stereocenters. The number of benzene rings is 1. The minimum atomic E-state index is -0.381. The van der Waals surface area contributed by atoms with E-state index in [1.165, 1.54) is 6.07 Å². The maximum atomic E-state index is 13.6. The van der Waals surface area contributed by atoms with Crippen molar-refractivity contribution in [3.8, 4) is 5.75 Å². The summed E-state index contributed by atoms with van der Waals surface area (Å²) in [7, 11) is 0. The third kappa shape index (κ3) is 5.02. The van der Waals surface area contributed by atoms with E-state index in [4.69, 9.17) is 15.2 Å². The van der Waals surface area contributed by atoms with Gasteiger partial charge in [0, 0.05) is 12.6 Å². The highest BCUT2D eigenvalue weighted by Crippen LogP contribution is 2.20. The molecular formula is C14H22FNO2. The van der Waals surface area contributed by atoms with E-state index >= 15 is 0 Å². The van der Waals surface area contributed by atoms with Crippen molar-refractivity contribution in [2.24, 2.45) is 11.7 Å². The summed E-state index contributed by atoms with van der Waals surface area (Å²) in [5.74, 6) is 0.355. The fraction of sp³-hybridized carbons (Fsp3) is 0.571. The summed E-state index contributed by atoms with van der Waals surface area (Å²) < 4.78 is 24.3. The maximum absolute atomic E-state index is 13.6. The van der Waals surface area contributed by atoms with Gasteiger partial charge in [-0.3, -0.25) is 0 Å². The van der Waals surface area contributed by atoms with E-state index in [0.717, 1.165) is 5.56 Å². The van der Waals surface area contributed by atoms with Gasteiger partial charge in [-0.05, 0) is 30.5 Å². The first kappa shape index (κ1) is 14.9. The lowest BCUT2D eigenvalue weighted by molar-refractivity contribution is 0.0807. The van der Waals surface area contributed by atoms with Crippen molar-refractivity contribution in [1.29, 1.82) is 0 Å². The molecule has 0 radical (unpaired) electrons. The Morgan fingerprint density at radius 2 is 1.94 bits per heavy atom. The minimum absolute atomic E-state index is 0.178. The second kappa shape index (κ2) is 7.34. The lowest BCUT2D eigenvalue weighted by Gasteiger charge is -2.11. The number of hydrogen-bond acceptors (Lipinski definition) is 3. The topological polar surface area (TPSA) is 44.5 Å². The second-order valence-corrected chi connectivity index (χ2v) is 4.80. The molecule has 0 aliphatic heterocycles. The van der Waals surface area contributed by atoms with Crippen molar-refractivity contribution in [3.05, 3.63) is 29.6 Å². The number of hydrogen-bond donors (Lipinski definition) is 1. The van der Waals surface area contributed by atoms with Crippen LogP contribution in [0, 0.1) is 11.7 Å². The number of rotatable bonds is 7. The number of nitrogens with two attached hydrogens (primary N) is 1. The SMILES string of the molecule is CC(C)COCCOc1ccc([C@@H](C)N)cc1F. The van der Waals surface area contributed by atoms with Crippen LogP contribution in [-0.4, -0.2) is 19.8 Å². The van der Waals surface area contributed by atoms with Gasteiger partial charge < -0.3 is 15.2 Å². The fourth-order valence-corrected chi connectivity index (χ4v) is 1.45. The van der Waals surface area contributed by atoms with Crippen molar-refractivity contribution in [3.63, 3.8) is 0 Å². The van der Waals surface area contributed by atoms with Gasteiger partial charge >= 0.3 is 0 Å². The molecule has 0 spiro atoms. The highest BCUT2D eigenvalue weighted by Gasteiger charge is 2.07. The van der Waals surface area contributed by atoms with Crippen LogP contribution < -0.4 is 10.5 Å². The van der Waals surface area contributed by atoms with Gasteiger partial charge in [0.2, 0.25) is 0 Å². The van der Waals surface area contributed by atoms with Crippen LogP contribution in [0.1, 0.15) is 32.4 Å². The standard InChI is InChI=1S/C14H22FNO2/c1-10(2)9-17-6-7-18-14-5-4-12(11(3)16)8-13(14)15/h4-5,8,10-11H,6-7,9,16H2,1-3H3/t11-/m1/s1. The summed E-state index contributed by atoms with van der Waals surface area (Å²) in [5.41, 5.74) is 6.43. The molecule has 0 aliphatic carbocycles. The van der Waals surface area contributed by atoms with Crippen molar-refractivity contribution in [2.75, 3.05) is 19.8 Å². The largest absolute Gasteiger partial charge is 0.488 e. The molecule has 2 N–H and O–H groups in total. The lowest BCUT2D eigenvalue weighted by Crippen LogP contribution is -2.11. The molecule has 0 fully saturated rings. The van der Waals surface area contributed by atoms with E-state index in [2.05, 4.69) is 13.8 Å². The van der Waals surface area contributed by atoms with Crippen molar-refractivity contribution in [2.45, 2.75) is 26.8 Å². The molecule has 0 saturated heterocycles. The van der Waals surface area contributed by atoms with E-state index < -0.39 is 0 Å². The zero-order valence-electron chi connectivity index (χ0n) is 11.3. The van der Waals surface area contributed by atoms with Gasteiger partial charge in [-0.2, -0.15) is 0 Å². The molecule has 1 atom stereocenters. The minimum Gasteiger partial charge on any atom is -0.488 e. The van der Waals surface area contributed by atoms with E-state index in [1.54, 1.807) is 12.1 Å². The Balaban J connectivity index is 2.39. The molecule has 18 heavy (non-hydrogen) atoms. The highest BCUT2D eigenvalue weighted by atomic mass is 19.1. The van der Waals surface area contributed by atoms with Crippen LogP contribution in [0.2, 0.25) is 0 Å². The van der Waals surface area contributed by atoms with E-state index in [0.29, 0.717) is 25.7 Å². The average Bonchev–Trinajstić information content (AvgIpc) is 2.29. The van der Waals surface area contributed by atoms with Crippen LogP contribution in [0.25, 0.3) is 0 Å². The molecule has 4 heteroatoms. The average molecular weight is 255 g/mol. The Hall–Kier alpha value is -1.13. The molecule has 0 aliphatic rings. The molecule has 102 valence electrons. The maximum Gasteiger partial charge on any atom is 0.165 e. The molecule has 0 saturated carbocycles. The Morgan fingerprint density at radius 1 is 1.22 bits per heavy atom. The molecule has 1 rings (SSSR count). The quantitative estimate of drug-likeness (QED) is 0.762. The van der Waals surface area contributed by atoms with Crippen LogP contribution in [0.5, 0.6) is 5.75 Å². The highest BCUT2D eigenvalue weighted by molar-refractivity contribution is 5.30. The fourth-order valence-electron chi connectivity index (χ4n) is 1.45. The van der Waals surface area contributed by atoms with Gasteiger partial charge in [0.05, 0.1) is 6.61 Å². The molecule has 0 aromatic heterocycles. The van der Waals surface area contributed by atoms with Gasteiger partial charge in [-0.15, -0.1) is 0 Å². The van der Waals surface area contributed by atoms with E-state index in [1.807, 2.05) is 6.92 Å².